The van der Waals surface area contributed by atoms with E-state index in [0.29, 0.717) is 18.2 Å². The van der Waals surface area contributed by atoms with Crippen LogP contribution in [-0.2, 0) is 19.4 Å². The fraction of sp³-hybridized carbons (Fsp3) is 0.231. The maximum atomic E-state index is 12.9. The predicted molar refractivity (Wildman–Crippen MR) is 61.9 cm³/mol. The van der Waals surface area contributed by atoms with Gasteiger partial charge in [0.25, 0.3) is 0 Å². The number of ether oxygens (including phenoxy) is 1. The Bertz CT molecular complexity index is 609. The van der Waals surface area contributed by atoms with Crippen LogP contribution in [0.25, 0.3) is 0 Å². The van der Waals surface area contributed by atoms with Crippen molar-refractivity contribution in [3.8, 4) is 11.6 Å². The van der Waals surface area contributed by atoms with Crippen LogP contribution in [-0.4, -0.2) is 4.57 Å². The second kappa shape index (κ2) is 5.01. The van der Waals surface area contributed by atoms with Crippen LogP contribution in [0, 0.1) is 0 Å². The summed E-state index contributed by atoms with van der Waals surface area (Å²) < 4.78 is 83.5. The van der Waals surface area contributed by atoms with Gasteiger partial charge in [0.15, 0.2) is 11.6 Å². The zero-order valence-electron chi connectivity index (χ0n) is 10.6. The van der Waals surface area contributed by atoms with E-state index in [4.69, 9.17) is 4.74 Å². The van der Waals surface area contributed by atoms with Crippen LogP contribution in [0.4, 0.5) is 26.3 Å². The minimum absolute atomic E-state index is 0.128. The van der Waals surface area contributed by atoms with Crippen LogP contribution in [0.3, 0.4) is 0 Å². The summed E-state index contributed by atoms with van der Waals surface area (Å²) in [5.74, 6) is -1.38. The molecule has 2 rings (SSSR count). The number of aryl methyl sites for hydroxylation is 1. The van der Waals surface area contributed by atoms with E-state index in [1.165, 1.54) is 29.9 Å². The maximum absolute atomic E-state index is 12.9. The Morgan fingerprint density at radius 2 is 1.38 bits per heavy atom. The largest absolute Gasteiger partial charge is 0.440 e. The number of para-hydroxylation sites is 1. The third-order valence-corrected chi connectivity index (χ3v) is 2.73. The summed E-state index contributed by atoms with van der Waals surface area (Å²) in [6.45, 7) is 0. The first-order chi connectivity index (χ1) is 9.60. The average molecular weight is 309 g/mol. The summed E-state index contributed by atoms with van der Waals surface area (Å²) in [6.07, 6.45) is -8.47. The Labute approximate surface area is 115 Å². The maximum Gasteiger partial charge on any atom is 0.420 e. The Morgan fingerprint density at radius 3 is 1.76 bits per heavy atom. The van der Waals surface area contributed by atoms with E-state index in [0.717, 1.165) is 0 Å². The van der Waals surface area contributed by atoms with Gasteiger partial charge in [0, 0.05) is 19.3 Å². The highest BCUT2D eigenvalue weighted by molar-refractivity contribution is 5.46. The number of alkyl halides is 6. The Morgan fingerprint density at radius 1 is 0.857 bits per heavy atom. The Hall–Kier alpha value is -2.12. The number of hydrogen-bond acceptors (Lipinski definition) is 1. The van der Waals surface area contributed by atoms with Gasteiger partial charge in [-0.05, 0) is 18.2 Å². The molecule has 8 heteroatoms. The van der Waals surface area contributed by atoms with E-state index in [-0.39, 0.29) is 5.88 Å². The lowest BCUT2D eigenvalue weighted by Crippen LogP contribution is -2.14. The lowest BCUT2D eigenvalue weighted by atomic mass is 10.1. The van der Waals surface area contributed by atoms with E-state index in [2.05, 4.69) is 0 Å². The number of aromatic nitrogens is 1. The molecule has 1 aromatic carbocycles. The average Bonchev–Trinajstić information content (AvgIpc) is 2.72. The van der Waals surface area contributed by atoms with Gasteiger partial charge >= 0.3 is 12.4 Å². The van der Waals surface area contributed by atoms with E-state index >= 15 is 0 Å². The van der Waals surface area contributed by atoms with Crippen LogP contribution >= 0.6 is 0 Å². The number of halogens is 6. The molecule has 0 saturated carbocycles. The number of hydrogen-bond donors (Lipinski definition) is 0. The van der Waals surface area contributed by atoms with Crippen molar-refractivity contribution in [3.05, 3.63) is 47.7 Å². The molecule has 21 heavy (non-hydrogen) atoms. The second-order valence-electron chi connectivity index (χ2n) is 4.24. The lowest BCUT2D eigenvalue weighted by molar-refractivity contribution is -0.145. The molecule has 2 nitrogen and oxygen atoms in total. The second-order valence-corrected chi connectivity index (χ2v) is 4.24. The van der Waals surface area contributed by atoms with Crippen molar-refractivity contribution in [2.75, 3.05) is 0 Å². The minimum atomic E-state index is -4.96. The highest BCUT2D eigenvalue weighted by atomic mass is 19.4. The molecule has 1 heterocycles. The normalized spacial score (nSPS) is 12.5. The van der Waals surface area contributed by atoms with E-state index < -0.39 is 29.2 Å². The first kappa shape index (κ1) is 15.3. The molecule has 0 aliphatic heterocycles. The first-order valence-corrected chi connectivity index (χ1v) is 5.67. The van der Waals surface area contributed by atoms with Crippen molar-refractivity contribution < 1.29 is 31.1 Å². The fourth-order valence-electron chi connectivity index (χ4n) is 1.75. The summed E-state index contributed by atoms with van der Waals surface area (Å²) in [5.41, 5.74) is -2.95. The van der Waals surface area contributed by atoms with Gasteiger partial charge in [-0.15, -0.1) is 0 Å². The molecule has 0 atom stereocenters. The molecule has 0 amide bonds. The van der Waals surface area contributed by atoms with Crippen molar-refractivity contribution in [3.63, 3.8) is 0 Å². The first-order valence-electron chi connectivity index (χ1n) is 5.67. The number of benzene rings is 1. The molecule has 0 fully saturated rings. The highest BCUT2D eigenvalue weighted by Gasteiger charge is 2.42. The van der Waals surface area contributed by atoms with Crippen molar-refractivity contribution in [1.82, 2.24) is 4.57 Å². The molecule has 2 aromatic rings. The van der Waals surface area contributed by atoms with Crippen LogP contribution in [0.15, 0.2) is 36.5 Å². The molecule has 0 spiro atoms. The molecule has 0 radical (unpaired) electrons. The van der Waals surface area contributed by atoms with Crippen molar-refractivity contribution in [1.29, 1.82) is 0 Å². The van der Waals surface area contributed by atoms with E-state index in [1.807, 2.05) is 0 Å². The summed E-state index contributed by atoms with van der Waals surface area (Å²) in [6, 6.07) is 4.51. The van der Waals surface area contributed by atoms with E-state index in [1.54, 1.807) is 0 Å². The van der Waals surface area contributed by atoms with Gasteiger partial charge in [-0.2, -0.15) is 26.3 Å². The van der Waals surface area contributed by atoms with Gasteiger partial charge in [0.2, 0.25) is 0 Å². The molecule has 0 bridgehead atoms. The molecular formula is C13H9F6NO. The van der Waals surface area contributed by atoms with Gasteiger partial charge in [-0.25, -0.2) is 0 Å². The topological polar surface area (TPSA) is 14.2 Å². The van der Waals surface area contributed by atoms with Crippen molar-refractivity contribution in [2.45, 2.75) is 12.4 Å². The summed E-state index contributed by atoms with van der Waals surface area (Å²) in [7, 11) is 1.44. The number of rotatable bonds is 2. The Balaban J connectivity index is 2.62. The van der Waals surface area contributed by atoms with E-state index in [9.17, 15) is 26.3 Å². The fourth-order valence-corrected chi connectivity index (χ4v) is 1.75. The van der Waals surface area contributed by atoms with Gasteiger partial charge < -0.3 is 9.30 Å². The van der Waals surface area contributed by atoms with Crippen molar-refractivity contribution in [2.24, 2.45) is 7.05 Å². The molecule has 0 unspecified atom stereocenters. The molecular weight excluding hydrogens is 300 g/mol. The monoisotopic (exact) mass is 309 g/mol. The molecule has 114 valence electrons. The van der Waals surface area contributed by atoms with Crippen LogP contribution in [0.5, 0.6) is 11.6 Å². The zero-order valence-corrected chi connectivity index (χ0v) is 10.6. The minimum Gasteiger partial charge on any atom is -0.440 e. The van der Waals surface area contributed by atoms with Crippen molar-refractivity contribution >= 4 is 0 Å². The SMILES string of the molecule is Cn1cccc1Oc1c(C(F)(F)F)cccc1C(F)(F)F. The van der Waals surface area contributed by atoms with Crippen LogP contribution in [0.1, 0.15) is 11.1 Å². The Kier molecular flexibility index (Phi) is 3.65. The van der Waals surface area contributed by atoms with Gasteiger partial charge in [0.05, 0.1) is 11.1 Å². The molecule has 1 aromatic heterocycles. The third kappa shape index (κ3) is 3.14. The van der Waals surface area contributed by atoms with Gasteiger partial charge in [0.1, 0.15) is 0 Å². The molecule has 0 N–H and O–H groups in total. The summed E-state index contributed by atoms with van der Waals surface area (Å²) in [4.78, 5) is 0. The number of nitrogens with zero attached hydrogens (tertiary/aromatic N) is 1. The van der Waals surface area contributed by atoms with Crippen LogP contribution in [0.2, 0.25) is 0 Å². The summed E-state index contributed by atoms with van der Waals surface area (Å²) in [5, 5.41) is 0. The zero-order chi connectivity index (χ0) is 15.8. The molecule has 0 aliphatic rings. The quantitative estimate of drug-likeness (QED) is 0.723. The molecule has 0 saturated heterocycles. The van der Waals surface area contributed by atoms with Gasteiger partial charge in [-0.3, -0.25) is 0 Å². The molecule has 0 aliphatic carbocycles. The summed E-state index contributed by atoms with van der Waals surface area (Å²) >= 11 is 0. The smallest absolute Gasteiger partial charge is 0.420 e. The highest BCUT2D eigenvalue weighted by Crippen LogP contribution is 2.45. The van der Waals surface area contributed by atoms with Gasteiger partial charge in [-0.1, -0.05) is 6.07 Å². The lowest BCUT2D eigenvalue weighted by Gasteiger charge is -2.18. The standard InChI is InChI=1S/C13H9F6NO/c1-20-7-3-6-10(20)21-11-8(12(14,15)16)4-2-5-9(11)13(17,18)19/h2-7H,1H3. The third-order valence-electron chi connectivity index (χ3n) is 2.73. The van der Waals surface area contributed by atoms with Crippen LogP contribution < -0.4 is 4.74 Å². The predicted octanol–water partition coefficient (Wildman–Crippen LogP) is 4.86.